The SMILES string of the molecule is Cc1ccsc1/C=N/NC(=O)Cn1nnc(-c2ccccc2)n1. The lowest BCUT2D eigenvalue weighted by Gasteiger charge is -1.98. The Balaban J connectivity index is 1.57. The molecule has 2 aromatic heterocycles. The zero-order chi connectivity index (χ0) is 16.1. The number of rotatable bonds is 5. The molecule has 8 heteroatoms. The van der Waals surface area contributed by atoms with Gasteiger partial charge in [0.05, 0.1) is 6.21 Å². The number of aromatic nitrogens is 4. The van der Waals surface area contributed by atoms with E-state index in [1.165, 1.54) is 4.80 Å². The van der Waals surface area contributed by atoms with Crippen molar-refractivity contribution >= 4 is 23.5 Å². The van der Waals surface area contributed by atoms with E-state index in [2.05, 4.69) is 25.9 Å². The summed E-state index contributed by atoms with van der Waals surface area (Å²) in [6.07, 6.45) is 1.63. The normalized spacial score (nSPS) is 11.0. The van der Waals surface area contributed by atoms with Gasteiger partial charge in [0.25, 0.3) is 5.91 Å². The van der Waals surface area contributed by atoms with Gasteiger partial charge in [-0.2, -0.15) is 9.90 Å². The first-order chi connectivity index (χ1) is 11.2. The van der Waals surface area contributed by atoms with Gasteiger partial charge in [0.15, 0.2) is 0 Å². The van der Waals surface area contributed by atoms with Crippen LogP contribution in [0.2, 0.25) is 0 Å². The lowest BCUT2D eigenvalue weighted by Crippen LogP contribution is -2.24. The Morgan fingerprint density at radius 3 is 2.91 bits per heavy atom. The molecular formula is C15H14N6OS. The summed E-state index contributed by atoms with van der Waals surface area (Å²) >= 11 is 1.57. The van der Waals surface area contributed by atoms with Gasteiger partial charge >= 0.3 is 0 Å². The van der Waals surface area contributed by atoms with Crippen molar-refractivity contribution in [2.24, 2.45) is 5.10 Å². The highest BCUT2D eigenvalue weighted by atomic mass is 32.1. The standard InChI is InChI=1S/C15H14N6OS/c1-11-7-8-23-13(11)9-16-17-14(22)10-21-19-15(18-20-21)12-5-3-2-4-6-12/h2-9H,10H2,1H3,(H,17,22)/b16-9+. The quantitative estimate of drug-likeness (QED) is 0.573. The molecule has 0 bridgehead atoms. The third-order valence-corrected chi connectivity index (χ3v) is 4.00. The van der Waals surface area contributed by atoms with Crippen LogP contribution in [0.4, 0.5) is 0 Å². The van der Waals surface area contributed by atoms with Gasteiger partial charge in [-0.15, -0.1) is 21.5 Å². The summed E-state index contributed by atoms with van der Waals surface area (Å²) in [5, 5.41) is 17.9. The van der Waals surface area contributed by atoms with Gasteiger partial charge in [-0.25, -0.2) is 5.43 Å². The summed E-state index contributed by atoms with van der Waals surface area (Å²) in [6.45, 7) is 1.95. The van der Waals surface area contributed by atoms with Gasteiger partial charge in [-0.3, -0.25) is 4.79 Å². The molecule has 0 aliphatic rings. The van der Waals surface area contributed by atoms with Crippen LogP contribution in [0.3, 0.4) is 0 Å². The molecule has 0 unspecified atom stereocenters. The summed E-state index contributed by atoms with van der Waals surface area (Å²) in [5.74, 6) is 0.170. The van der Waals surface area contributed by atoms with E-state index in [9.17, 15) is 4.79 Å². The van der Waals surface area contributed by atoms with Crippen LogP contribution in [0, 0.1) is 6.92 Å². The van der Waals surface area contributed by atoms with Gasteiger partial charge < -0.3 is 0 Å². The number of hydrogen-bond acceptors (Lipinski definition) is 6. The van der Waals surface area contributed by atoms with Gasteiger partial charge in [-0.1, -0.05) is 30.3 Å². The lowest BCUT2D eigenvalue weighted by atomic mass is 10.2. The number of thiophene rings is 1. The molecule has 23 heavy (non-hydrogen) atoms. The molecule has 0 radical (unpaired) electrons. The summed E-state index contributed by atoms with van der Waals surface area (Å²) in [5.41, 5.74) is 4.43. The number of tetrazole rings is 1. The number of carbonyl (C=O) groups is 1. The Labute approximate surface area is 136 Å². The lowest BCUT2D eigenvalue weighted by molar-refractivity contribution is -0.122. The van der Waals surface area contributed by atoms with E-state index in [4.69, 9.17) is 0 Å². The van der Waals surface area contributed by atoms with Crippen LogP contribution in [0.1, 0.15) is 10.4 Å². The maximum absolute atomic E-state index is 11.8. The predicted octanol–water partition coefficient (Wildman–Crippen LogP) is 1.86. The molecule has 1 aromatic carbocycles. The Kier molecular flexibility index (Phi) is 4.53. The number of hydrogen-bond donors (Lipinski definition) is 1. The molecule has 0 aliphatic heterocycles. The highest BCUT2D eigenvalue weighted by Crippen LogP contribution is 2.12. The molecular weight excluding hydrogens is 312 g/mol. The molecule has 2 heterocycles. The number of nitrogens with zero attached hydrogens (tertiary/aromatic N) is 5. The van der Waals surface area contributed by atoms with Crippen molar-refractivity contribution in [1.29, 1.82) is 0 Å². The minimum absolute atomic E-state index is 0.0411. The molecule has 7 nitrogen and oxygen atoms in total. The highest BCUT2D eigenvalue weighted by molar-refractivity contribution is 7.11. The second-order valence-electron chi connectivity index (χ2n) is 4.77. The Morgan fingerprint density at radius 1 is 1.35 bits per heavy atom. The highest BCUT2D eigenvalue weighted by Gasteiger charge is 2.08. The van der Waals surface area contributed by atoms with Gasteiger partial charge in [-0.05, 0) is 29.1 Å². The van der Waals surface area contributed by atoms with Crippen LogP contribution in [-0.2, 0) is 11.3 Å². The van der Waals surface area contributed by atoms with Gasteiger partial charge in [0.1, 0.15) is 6.54 Å². The summed E-state index contributed by atoms with van der Waals surface area (Å²) in [4.78, 5) is 14.1. The Hall–Kier alpha value is -2.87. The number of nitrogens with one attached hydrogen (secondary N) is 1. The molecule has 3 rings (SSSR count). The van der Waals surface area contributed by atoms with E-state index in [0.29, 0.717) is 5.82 Å². The van der Waals surface area contributed by atoms with Crippen molar-refractivity contribution in [3.63, 3.8) is 0 Å². The average molecular weight is 326 g/mol. The first-order valence-corrected chi connectivity index (χ1v) is 7.79. The number of benzene rings is 1. The van der Waals surface area contributed by atoms with Crippen LogP contribution < -0.4 is 5.43 Å². The molecule has 0 aliphatic carbocycles. The van der Waals surface area contributed by atoms with Gasteiger partial charge in [0, 0.05) is 10.4 Å². The van der Waals surface area contributed by atoms with E-state index in [0.717, 1.165) is 16.0 Å². The average Bonchev–Trinajstić information content (AvgIpc) is 3.18. The van der Waals surface area contributed by atoms with Crippen molar-refractivity contribution in [2.45, 2.75) is 13.5 Å². The summed E-state index contributed by atoms with van der Waals surface area (Å²) in [7, 11) is 0. The Morgan fingerprint density at radius 2 is 2.17 bits per heavy atom. The molecule has 1 amide bonds. The fraction of sp³-hybridized carbons (Fsp3) is 0.133. The van der Waals surface area contributed by atoms with E-state index < -0.39 is 0 Å². The van der Waals surface area contributed by atoms with Crippen LogP contribution in [-0.4, -0.2) is 32.3 Å². The minimum Gasteiger partial charge on any atom is -0.271 e. The van der Waals surface area contributed by atoms with Crippen molar-refractivity contribution in [3.05, 3.63) is 52.2 Å². The first kappa shape index (κ1) is 15.0. The molecule has 1 N–H and O–H groups in total. The van der Waals surface area contributed by atoms with Crippen molar-refractivity contribution in [1.82, 2.24) is 25.6 Å². The number of hydrazone groups is 1. The van der Waals surface area contributed by atoms with Gasteiger partial charge in [0.2, 0.25) is 5.82 Å². The first-order valence-electron chi connectivity index (χ1n) is 6.91. The van der Waals surface area contributed by atoms with Crippen LogP contribution >= 0.6 is 11.3 Å². The fourth-order valence-corrected chi connectivity index (χ4v) is 2.64. The molecule has 0 atom stereocenters. The zero-order valence-electron chi connectivity index (χ0n) is 12.4. The number of amides is 1. The van der Waals surface area contributed by atoms with Crippen LogP contribution in [0.15, 0.2) is 46.9 Å². The van der Waals surface area contributed by atoms with E-state index in [1.807, 2.05) is 48.7 Å². The van der Waals surface area contributed by atoms with E-state index in [-0.39, 0.29) is 12.5 Å². The second-order valence-corrected chi connectivity index (χ2v) is 5.72. The van der Waals surface area contributed by atoms with Crippen molar-refractivity contribution in [3.8, 4) is 11.4 Å². The monoisotopic (exact) mass is 326 g/mol. The summed E-state index contributed by atoms with van der Waals surface area (Å²) < 4.78 is 0. The van der Waals surface area contributed by atoms with E-state index >= 15 is 0 Å². The van der Waals surface area contributed by atoms with Crippen LogP contribution in [0.5, 0.6) is 0 Å². The van der Waals surface area contributed by atoms with Crippen molar-refractivity contribution in [2.75, 3.05) is 0 Å². The molecule has 0 saturated carbocycles. The largest absolute Gasteiger partial charge is 0.271 e. The fourth-order valence-electron chi connectivity index (χ4n) is 1.86. The second kappa shape index (κ2) is 6.93. The molecule has 3 aromatic rings. The predicted molar refractivity (Wildman–Crippen MR) is 88.0 cm³/mol. The zero-order valence-corrected chi connectivity index (χ0v) is 13.2. The van der Waals surface area contributed by atoms with Crippen LogP contribution in [0.25, 0.3) is 11.4 Å². The number of aryl methyl sites for hydroxylation is 1. The smallest absolute Gasteiger partial charge is 0.263 e. The van der Waals surface area contributed by atoms with Crippen molar-refractivity contribution < 1.29 is 4.79 Å². The van der Waals surface area contributed by atoms with E-state index in [1.54, 1.807) is 17.6 Å². The molecule has 116 valence electrons. The molecule has 0 spiro atoms. The third-order valence-electron chi connectivity index (χ3n) is 3.04. The topological polar surface area (TPSA) is 85.1 Å². The Bertz CT molecular complexity index is 823. The molecule has 0 saturated heterocycles. The maximum atomic E-state index is 11.8. The third kappa shape index (κ3) is 3.86. The summed E-state index contributed by atoms with van der Waals surface area (Å²) in [6, 6.07) is 11.5. The minimum atomic E-state index is -0.313. The number of carbonyl (C=O) groups excluding carboxylic acids is 1. The molecule has 0 fully saturated rings. The maximum Gasteiger partial charge on any atom is 0.263 e.